The molecule has 1 rings (SSSR count). The summed E-state index contributed by atoms with van der Waals surface area (Å²) in [5.74, 6) is 0. The molecule has 0 spiro atoms. The predicted octanol–water partition coefficient (Wildman–Crippen LogP) is 2.81. The average molecular weight is 183 g/mol. The van der Waals surface area contributed by atoms with E-state index in [1.54, 1.807) is 11.3 Å². The minimum Gasteiger partial charge on any atom is -0.325 e. The summed E-state index contributed by atoms with van der Waals surface area (Å²) in [7, 11) is 0. The third-order valence-electron chi connectivity index (χ3n) is 2.01. The maximum absolute atomic E-state index is 6.12. The zero-order valence-electron chi connectivity index (χ0n) is 7.84. The Bertz CT molecular complexity index is 214. The SMILES string of the molecule is CCCC(C)(N)Cc1ccsc1. The lowest BCUT2D eigenvalue weighted by Gasteiger charge is -2.23. The molecular weight excluding hydrogens is 166 g/mol. The molecule has 0 aliphatic carbocycles. The smallest absolute Gasteiger partial charge is 0.0166 e. The van der Waals surface area contributed by atoms with E-state index in [0.717, 1.165) is 19.3 Å². The van der Waals surface area contributed by atoms with Crippen LogP contribution < -0.4 is 5.73 Å². The Morgan fingerprint density at radius 1 is 1.58 bits per heavy atom. The van der Waals surface area contributed by atoms with E-state index in [4.69, 9.17) is 5.73 Å². The van der Waals surface area contributed by atoms with E-state index >= 15 is 0 Å². The van der Waals surface area contributed by atoms with Crippen LogP contribution >= 0.6 is 11.3 Å². The van der Waals surface area contributed by atoms with Crippen LogP contribution in [0.4, 0.5) is 0 Å². The summed E-state index contributed by atoms with van der Waals surface area (Å²) in [5.41, 5.74) is 7.48. The summed E-state index contributed by atoms with van der Waals surface area (Å²) in [6, 6.07) is 2.16. The first kappa shape index (κ1) is 9.75. The van der Waals surface area contributed by atoms with Gasteiger partial charge < -0.3 is 5.73 Å². The molecule has 1 unspecified atom stereocenters. The fourth-order valence-corrected chi connectivity index (χ4v) is 2.19. The Kier molecular flexibility index (Phi) is 3.29. The van der Waals surface area contributed by atoms with Gasteiger partial charge in [-0.1, -0.05) is 13.3 Å². The van der Waals surface area contributed by atoms with Gasteiger partial charge in [-0.15, -0.1) is 0 Å². The molecule has 68 valence electrons. The van der Waals surface area contributed by atoms with Crippen LogP contribution in [0, 0.1) is 0 Å². The summed E-state index contributed by atoms with van der Waals surface area (Å²) >= 11 is 1.74. The second-order valence-electron chi connectivity index (χ2n) is 3.71. The van der Waals surface area contributed by atoms with Crippen molar-refractivity contribution in [2.24, 2.45) is 5.73 Å². The van der Waals surface area contributed by atoms with Crippen LogP contribution in [-0.2, 0) is 6.42 Å². The molecule has 2 N–H and O–H groups in total. The van der Waals surface area contributed by atoms with Crippen molar-refractivity contribution < 1.29 is 0 Å². The molecule has 12 heavy (non-hydrogen) atoms. The number of nitrogens with two attached hydrogens (primary N) is 1. The maximum Gasteiger partial charge on any atom is 0.0166 e. The summed E-state index contributed by atoms with van der Waals surface area (Å²) in [6.45, 7) is 4.31. The third kappa shape index (κ3) is 2.95. The molecule has 1 aromatic heterocycles. The summed E-state index contributed by atoms with van der Waals surface area (Å²) in [4.78, 5) is 0. The van der Waals surface area contributed by atoms with Crippen molar-refractivity contribution in [3.63, 3.8) is 0 Å². The molecule has 0 fully saturated rings. The van der Waals surface area contributed by atoms with Gasteiger partial charge >= 0.3 is 0 Å². The van der Waals surface area contributed by atoms with Crippen LogP contribution in [-0.4, -0.2) is 5.54 Å². The van der Waals surface area contributed by atoms with E-state index in [9.17, 15) is 0 Å². The van der Waals surface area contributed by atoms with E-state index in [2.05, 4.69) is 30.7 Å². The molecule has 0 aromatic carbocycles. The van der Waals surface area contributed by atoms with E-state index in [1.165, 1.54) is 5.56 Å². The lowest BCUT2D eigenvalue weighted by Crippen LogP contribution is -2.38. The van der Waals surface area contributed by atoms with Crippen molar-refractivity contribution in [2.45, 2.75) is 38.6 Å². The molecule has 1 nitrogen and oxygen atoms in total. The molecule has 0 saturated heterocycles. The van der Waals surface area contributed by atoms with Gasteiger partial charge in [0.15, 0.2) is 0 Å². The van der Waals surface area contributed by atoms with Gasteiger partial charge in [-0.25, -0.2) is 0 Å². The average Bonchev–Trinajstić information content (AvgIpc) is 2.38. The normalized spacial score (nSPS) is 15.9. The lowest BCUT2D eigenvalue weighted by molar-refractivity contribution is 0.425. The minimum absolute atomic E-state index is 0.0180. The fourth-order valence-electron chi connectivity index (χ4n) is 1.52. The van der Waals surface area contributed by atoms with Crippen molar-refractivity contribution in [2.75, 3.05) is 0 Å². The molecule has 0 aliphatic heterocycles. The van der Waals surface area contributed by atoms with Gasteiger partial charge in [-0.2, -0.15) is 11.3 Å². The first-order valence-electron chi connectivity index (χ1n) is 4.44. The van der Waals surface area contributed by atoms with Crippen LogP contribution in [0.3, 0.4) is 0 Å². The molecule has 0 bridgehead atoms. The van der Waals surface area contributed by atoms with Crippen LogP contribution in [0.1, 0.15) is 32.3 Å². The number of rotatable bonds is 4. The molecule has 0 saturated carbocycles. The number of thiophene rings is 1. The van der Waals surface area contributed by atoms with E-state index in [1.807, 2.05) is 0 Å². The zero-order valence-corrected chi connectivity index (χ0v) is 8.66. The molecule has 0 aliphatic rings. The predicted molar refractivity (Wildman–Crippen MR) is 55.5 cm³/mol. The topological polar surface area (TPSA) is 26.0 Å². The van der Waals surface area contributed by atoms with Gasteiger partial charge in [-0.05, 0) is 42.2 Å². The van der Waals surface area contributed by atoms with Gasteiger partial charge in [0.2, 0.25) is 0 Å². The highest BCUT2D eigenvalue weighted by molar-refractivity contribution is 7.07. The largest absolute Gasteiger partial charge is 0.325 e. The lowest BCUT2D eigenvalue weighted by atomic mass is 9.91. The minimum atomic E-state index is -0.0180. The molecule has 0 amide bonds. The van der Waals surface area contributed by atoms with Crippen LogP contribution in [0.5, 0.6) is 0 Å². The first-order chi connectivity index (χ1) is 5.64. The molecule has 1 atom stereocenters. The quantitative estimate of drug-likeness (QED) is 0.763. The van der Waals surface area contributed by atoms with E-state index in [0.29, 0.717) is 0 Å². The fraction of sp³-hybridized carbons (Fsp3) is 0.600. The number of hydrogen-bond donors (Lipinski definition) is 1. The van der Waals surface area contributed by atoms with Crippen molar-refractivity contribution in [3.8, 4) is 0 Å². The van der Waals surface area contributed by atoms with Crippen molar-refractivity contribution in [3.05, 3.63) is 22.4 Å². The zero-order chi connectivity index (χ0) is 9.03. The second kappa shape index (κ2) is 4.06. The Balaban J connectivity index is 2.50. The highest BCUT2D eigenvalue weighted by Crippen LogP contribution is 2.17. The van der Waals surface area contributed by atoms with Gasteiger partial charge in [0.25, 0.3) is 0 Å². The highest BCUT2D eigenvalue weighted by atomic mass is 32.1. The van der Waals surface area contributed by atoms with Crippen molar-refractivity contribution >= 4 is 11.3 Å². The maximum atomic E-state index is 6.12. The Morgan fingerprint density at radius 2 is 2.33 bits per heavy atom. The van der Waals surface area contributed by atoms with E-state index < -0.39 is 0 Å². The highest BCUT2D eigenvalue weighted by Gasteiger charge is 2.17. The Hall–Kier alpha value is -0.340. The first-order valence-corrected chi connectivity index (χ1v) is 5.38. The Morgan fingerprint density at radius 3 is 2.83 bits per heavy atom. The standard InChI is InChI=1S/C10H17NS/c1-3-5-10(2,11)7-9-4-6-12-8-9/h4,6,8H,3,5,7,11H2,1-2H3. The van der Waals surface area contributed by atoms with Gasteiger partial charge in [0, 0.05) is 5.54 Å². The number of hydrogen-bond acceptors (Lipinski definition) is 2. The van der Waals surface area contributed by atoms with Crippen LogP contribution in [0.25, 0.3) is 0 Å². The van der Waals surface area contributed by atoms with E-state index in [-0.39, 0.29) is 5.54 Å². The monoisotopic (exact) mass is 183 g/mol. The molecule has 0 radical (unpaired) electrons. The van der Waals surface area contributed by atoms with Crippen molar-refractivity contribution in [1.82, 2.24) is 0 Å². The summed E-state index contributed by atoms with van der Waals surface area (Å²) in [5, 5.41) is 4.29. The molecule has 1 aromatic rings. The molecule has 2 heteroatoms. The third-order valence-corrected chi connectivity index (χ3v) is 2.74. The van der Waals surface area contributed by atoms with Crippen LogP contribution in [0.15, 0.2) is 16.8 Å². The van der Waals surface area contributed by atoms with Gasteiger partial charge in [0.05, 0.1) is 0 Å². The Labute approximate surface area is 78.6 Å². The van der Waals surface area contributed by atoms with Crippen molar-refractivity contribution in [1.29, 1.82) is 0 Å². The van der Waals surface area contributed by atoms with Gasteiger partial charge in [0.1, 0.15) is 0 Å². The summed E-state index contributed by atoms with van der Waals surface area (Å²) < 4.78 is 0. The molecule has 1 heterocycles. The molecular formula is C10H17NS. The van der Waals surface area contributed by atoms with Crippen LogP contribution in [0.2, 0.25) is 0 Å². The van der Waals surface area contributed by atoms with Gasteiger partial charge in [-0.3, -0.25) is 0 Å². The second-order valence-corrected chi connectivity index (χ2v) is 4.49. The summed E-state index contributed by atoms with van der Waals surface area (Å²) in [6.07, 6.45) is 3.27.